The number of hydrogen-bond donors (Lipinski definition) is 1. The van der Waals surface area contributed by atoms with Crippen LogP contribution in [0.2, 0.25) is 0 Å². The Labute approximate surface area is 129 Å². The van der Waals surface area contributed by atoms with Gasteiger partial charge in [-0.25, -0.2) is 0 Å². The number of benzene rings is 2. The lowest BCUT2D eigenvalue weighted by atomic mass is 10.0. The van der Waals surface area contributed by atoms with Crippen LogP contribution in [0.25, 0.3) is 0 Å². The van der Waals surface area contributed by atoms with Gasteiger partial charge in [0.25, 0.3) is 0 Å². The SMILES string of the molecule is O=C1CC(O)C=C1Cc1cccc(OCc2ccccc2)c1. The highest BCUT2D eigenvalue weighted by molar-refractivity contribution is 5.98. The zero-order valence-corrected chi connectivity index (χ0v) is 12.2. The standard InChI is InChI=1S/C19H18O3/c20-17-11-16(19(21)12-17)9-15-7-4-8-18(10-15)22-13-14-5-2-1-3-6-14/h1-8,10-11,17,20H,9,12-13H2. The average Bonchev–Trinajstić information content (AvgIpc) is 2.84. The molecule has 0 aromatic heterocycles. The van der Waals surface area contributed by atoms with Crippen LogP contribution >= 0.6 is 0 Å². The Hall–Kier alpha value is -2.39. The Bertz CT molecular complexity index is 689. The van der Waals surface area contributed by atoms with Crippen molar-refractivity contribution in [1.29, 1.82) is 0 Å². The molecule has 1 aliphatic rings. The predicted molar refractivity (Wildman–Crippen MR) is 84.6 cm³/mol. The van der Waals surface area contributed by atoms with Crippen LogP contribution in [-0.4, -0.2) is 17.0 Å². The minimum atomic E-state index is -0.625. The fraction of sp³-hybridized carbons (Fsp3) is 0.211. The second-order valence-electron chi connectivity index (χ2n) is 5.49. The molecule has 1 aliphatic carbocycles. The van der Waals surface area contributed by atoms with Crippen molar-refractivity contribution in [3.05, 3.63) is 77.4 Å². The smallest absolute Gasteiger partial charge is 0.161 e. The van der Waals surface area contributed by atoms with Crippen LogP contribution in [0, 0.1) is 0 Å². The second kappa shape index (κ2) is 6.58. The van der Waals surface area contributed by atoms with E-state index in [2.05, 4.69) is 0 Å². The van der Waals surface area contributed by atoms with Crippen LogP contribution in [0.15, 0.2) is 66.2 Å². The number of carbonyl (C=O) groups is 1. The molecule has 0 radical (unpaired) electrons. The first kappa shape index (κ1) is 14.5. The summed E-state index contributed by atoms with van der Waals surface area (Å²) in [6.07, 6.45) is 1.78. The molecule has 22 heavy (non-hydrogen) atoms. The summed E-state index contributed by atoms with van der Waals surface area (Å²) in [5.74, 6) is 0.816. The van der Waals surface area contributed by atoms with E-state index in [1.165, 1.54) is 0 Å². The number of ketones is 1. The van der Waals surface area contributed by atoms with Gasteiger partial charge in [0.1, 0.15) is 12.4 Å². The van der Waals surface area contributed by atoms with Gasteiger partial charge < -0.3 is 9.84 Å². The van der Waals surface area contributed by atoms with Crippen molar-refractivity contribution in [2.45, 2.75) is 25.6 Å². The number of rotatable bonds is 5. The molecule has 0 bridgehead atoms. The highest BCUT2D eigenvalue weighted by Crippen LogP contribution is 2.22. The molecule has 1 unspecified atom stereocenters. The number of aliphatic hydroxyl groups is 1. The van der Waals surface area contributed by atoms with Crippen molar-refractivity contribution in [1.82, 2.24) is 0 Å². The Kier molecular flexibility index (Phi) is 4.35. The number of hydrogen-bond acceptors (Lipinski definition) is 3. The lowest BCUT2D eigenvalue weighted by molar-refractivity contribution is -0.115. The van der Waals surface area contributed by atoms with Gasteiger partial charge in [0, 0.05) is 12.8 Å². The monoisotopic (exact) mass is 294 g/mol. The summed E-state index contributed by atoms with van der Waals surface area (Å²) >= 11 is 0. The lowest BCUT2D eigenvalue weighted by Gasteiger charge is -2.08. The molecule has 0 saturated carbocycles. The molecule has 0 amide bonds. The van der Waals surface area contributed by atoms with Crippen molar-refractivity contribution in [3.63, 3.8) is 0 Å². The molecular weight excluding hydrogens is 276 g/mol. The quantitative estimate of drug-likeness (QED) is 0.922. The van der Waals surface area contributed by atoms with Crippen LogP contribution in [0.1, 0.15) is 17.5 Å². The predicted octanol–water partition coefficient (Wildman–Crippen LogP) is 3.07. The maximum atomic E-state index is 11.7. The Morgan fingerprint density at radius 2 is 1.82 bits per heavy atom. The third-order valence-corrected chi connectivity index (χ3v) is 3.69. The molecule has 2 aromatic rings. The number of Topliss-reactive ketones (excluding diaryl/α,β-unsaturated/α-hetero) is 1. The normalized spacial score (nSPS) is 17.4. The number of carbonyl (C=O) groups excluding carboxylic acids is 1. The van der Waals surface area contributed by atoms with Crippen molar-refractivity contribution in [2.75, 3.05) is 0 Å². The van der Waals surface area contributed by atoms with Gasteiger partial charge in [0.05, 0.1) is 6.10 Å². The first-order valence-corrected chi connectivity index (χ1v) is 7.38. The fourth-order valence-electron chi connectivity index (χ4n) is 2.57. The average molecular weight is 294 g/mol. The van der Waals surface area contributed by atoms with Crippen molar-refractivity contribution < 1.29 is 14.6 Å². The third kappa shape index (κ3) is 3.62. The number of ether oxygens (including phenoxy) is 1. The van der Waals surface area contributed by atoms with Gasteiger partial charge in [-0.3, -0.25) is 4.79 Å². The van der Waals surface area contributed by atoms with E-state index in [0.717, 1.165) is 16.9 Å². The minimum absolute atomic E-state index is 0.0307. The number of aliphatic hydroxyl groups excluding tert-OH is 1. The Balaban J connectivity index is 1.65. The molecule has 0 heterocycles. The van der Waals surface area contributed by atoms with Crippen LogP contribution in [0.5, 0.6) is 5.75 Å². The van der Waals surface area contributed by atoms with E-state index in [-0.39, 0.29) is 12.2 Å². The third-order valence-electron chi connectivity index (χ3n) is 3.69. The maximum absolute atomic E-state index is 11.7. The molecule has 0 fully saturated rings. The summed E-state index contributed by atoms with van der Waals surface area (Å²) in [6.45, 7) is 0.518. The molecule has 3 heteroatoms. The van der Waals surface area contributed by atoms with Crippen molar-refractivity contribution in [2.24, 2.45) is 0 Å². The summed E-state index contributed by atoms with van der Waals surface area (Å²) in [4.78, 5) is 11.7. The summed E-state index contributed by atoms with van der Waals surface area (Å²) in [5.41, 5.74) is 2.82. The van der Waals surface area contributed by atoms with Gasteiger partial charge in [0.2, 0.25) is 0 Å². The molecular formula is C19H18O3. The van der Waals surface area contributed by atoms with Crippen LogP contribution < -0.4 is 4.74 Å². The number of allylic oxidation sites excluding steroid dienone is 1. The van der Waals surface area contributed by atoms with Crippen LogP contribution in [0.3, 0.4) is 0 Å². The summed E-state index contributed by atoms with van der Waals surface area (Å²) in [5, 5.41) is 9.49. The molecule has 0 saturated heterocycles. The largest absolute Gasteiger partial charge is 0.489 e. The fourth-order valence-corrected chi connectivity index (χ4v) is 2.57. The highest BCUT2D eigenvalue weighted by atomic mass is 16.5. The molecule has 3 rings (SSSR count). The van der Waals surface area contributed by atoms with E-state index in [9.17, 15) is 9.90 Å². The van der Waals surface area contributed by atoms with Crippen LogP contribution in [0.4, 0.5) is 0 Å². The molecule has 1 N–H and O–H groups in total. The highest BCUT2D eigenvalue weighted by Gasteiger charge is 2.22. The summed E-state index contributed by atoms with van der Waals surface area (Å²) in [6, 6.07) is 17.7. The first-order chi connectivity index (χ1) is 10.7. The summed E-state index contributed by atoms with van der Waals surface area (Å²) in [7, 11) is 0. The molecule has 1 atom stereocenters. The van der Waals surface area contributed by atoms with E-state index >= 15 is 0 Å². The maximum Gasteiger partial charge on any atom is 0.161 e. The molecule has 3 nitrogen and oxygen atoms in total. The topological polar surface area (TPSA) is 46.5 Å². The van der Waals surface area contributed by atoms with E-state index in [4.69, 9.17) is 4.74 Å². The Morgan fingerprint density at radius 3 is 2.55 bits per heavy atom. The van der Waals surface area contributed by atoms with Crippen LogP contribution in [-0.2, 0) is 17.8 Å². The van der Waals surface area contributed by atoms with Gasteiger partial charge in [-0.2, -0.15) is 0 Å². The second-order valence-corrected chi connectivity index (χ2v) is 5.49. The Morgan fingerprint density at radius 1 is 1.05 bits per heavy atom. The van der Waals surface area contributed by atoms with Gasteiger partial charge in [-0.05, 0) is 34.9 Å². The summed E-state index contributed by atoms with van der Waals surface area (Å²) < 4.78 is 5.79. The molecule has 0 aliphatic heterocycles. The van der Waals surface area contributed by atoms with Gasteiger partial charge in [-0.15, -0.1) is 0 Å². The lowest BCUT2D eigenvalue weighted by Crippen LogP contribution is -2.02. The van der Waals surface area contributed by atoms with E-state index in [1.54, 1.807) is 6.08 Å². The van der Waals surface area contributed by atoms with Crippen molar-refractivity contribution in [3.8, 4) is 5.75 Å². The zero-order valence-electron chi connectivity index (χ0n) is 12.2. The van der Waals surface area contributed by atoms with Gasteiger partial charge in [-0.1, -0.05) is 42.5 Å². The zero-order chi connectivity index (χ0) is 15.4. The van der Waals surface area contributed by atoms with Gasteiger partial charge >= 0.3 is 0 Å². The first-order valence-electron chi connectivity index (χ1n) is 7.38. The van der Waals surface area contributed by atoms with E-state index in [0.29, 0.717) is 18.6 Å². The molecule has 2 aromatic carbocycles. The van der Waals surface area contributed by atoms with E-state index in [1.807, 2.05) is 54.6 Å². The molecule has 0 spiro atoms. The van der Waals surface area contributed by atoms with E-state index < -0.39 is 6.10 Å². The van der Waals surface area contributed by atoms with Crippen molar-refractivity contribution >= 4 is 5.78 Å². The van der Waals surface area contributed by atoms with Gasteiger partial charge in [0.15, 0.2) is 5.78 Å². The molecule has 112 valence electrons. The minimum Gasteiger partial charge on any atom is -0.489 e.